The van der Waals surface area contributed by atoms with E-state index in [1.54, 1.807) is 0 Å². The van der Waals surface area contributed by atoms with E-state index in [9.17, 15) is 0 Å². The lowest BCUT2D eigenvalue weighted by atomic mass is 9.87. The van der Waals surface area contributed by atoms with Crippen molar-refractivity contribution in [2.45, 2.75) is 39.2 Å². The number of hydrogen-bond donors (Lipinski definition) is 0. The average molecular weight is 281 g/mol. The number of hydrazone groups is 1. The van der Waals surface area contributed by atoms with Gasteiger partial charge in [0.15, 0.2) is 0 Å². The quantitative estimate of drug-likeness (QED) is 0.771. The van der Waals surface area contributed by atoms with E-state index in [-0.39, 0.29) is 6.04 Å². The number of nitriles is 1. The Balaban J connectivity index is 2.36. The maximum Gasteiger partial charge on any atom is 0.0991 e. The molecule has 2 rings (SSSR count). The van der Waals surface area contributed by atoms with E-state index in [1.165, 1.54) is 18.4 Å². The summed E-state index contributed by atoms with van der Waals surface area (Å²) in [6.07, 6.45) is 5.51. The Morgan fingerprint density at radius 1 is 1.52 bits per heavy atom. The van der Waals surface area contributed by atoms with Gasteiger partial charge in [-0.05, 0) is 42.4 Å². The van der Waals surface area contributed by atoms with Crippen molar-refractivity contribution < 1.29 is 0 Å². The van der Waals surface area contributed by atoms with Crippen molar-refractivity contribution in [3.63, 3.8) is 0 Å². The van der Waals surface area contributed by atoms with E-state index in [1.807, 2.05) is 24.2 Å². The van der Waals surface area contributed by atoms with E-state index in [4.69, 9.17) is 5.26 Å². The second-order valence-electron chi connectivity index (χ2n) is 5.75. The van der Waals surface area contributed by atoms with E-state index >= 15 is 0 Å². The van der Waals surface area contributed by atoms with Crippen LogP contribution in [0.1, 0.15) is 48.9 Å². The minimum Gasteiger partial charge on any atom is -0.293 e. The van der Waals surface area contributed by atoms with Gasteiger partial charge in [-0.25, -0.2) is 0 Å². The highest BCUT2D eigenvalue weighted by molar-refractivity contribution is 5.77. The van der Waals surface area contributed by atoms with Crippen LogP contribution in [0.2, 0.25) is 0 Å². The number of allylic oxidation sites excluding steroid dienone is 1. The molecule has 1 heterocycles. The molecular formula is C18H23N3. The van der Waals surface area contributed by atoms with E-state index in [0.29, 0.717) is 11.5 Å². The van der Waals surface area contributed by atoms with Gasteiger partial charge in [-0.3, -0.25) is 5.01 Å². The molecule has 0 aliphatic carbocycles. The lowest BCUT2D eigenvalue weighted by Crippen LogP contribution is -2.28. The summed E-state index contributed by atoms with van der Waals surface area (Å²) < 4.78 is 0. The first-order valence-electron chi connectivity index (χ1n) is 7.54. The van der Waals surface area contributed by atoms with Gasteiger partial charge in [-0.1, -0.05) is 38.1 Å². The molecule has 0 bridgehead atoms. The third kappa shape index (κ3) is 3.16. The van der Waals surface area contributed by atoms with Crippen molar-refractivity contribution in [3.05, 3.63) is 41.5 Å². The van der Waals surface area contributed by atoms with Gasteiger partial charge in [0.1, 0.15) is 0 Å². The smallest absolute Gasteiger partial charge is 0.0991 e. The van der Waals surface area contributed by atoms with Crippen LogP contribution in [0.15, 0.2) is 29.9 Å². The largest absolute Gasteiger partial charge is 0.293 e. The molecule has 110 valence electrons. The summed E-state index contributed by atoms with van der Waals surface area (Å²) in [6, 6.07) is 8.57. The van der Waals surface area contributed by atoms with Crippen LogP contribution in [-0.4, -0.2) is 18.3 Å². The van der Waals surface area contributed by atoms with Gasteiger partial charge in [-0.15, -0.1) is 0 Å². The van der Waals surface area contributed by atoms with E-state index in [2.05, 4.69) is 43.9 Å². The van der Waals surface area contributed by atoms with Gasteiger partial charge in [0.2, 0.25) is 0 Å². The molecule has 0 saturated carbocycles. The second-order valence-corrected chi connectivity index (χ2v) is 5.75. The summed E-state index contributed by atoms with van der Waals surface area (Å²) in [6.45, 7) is 8.14. The van der Waals surface area contributed by atoms with Crippen molar-refractivity contribution in [2.75, 3.05) is 7.05 Å². The van der Waals surface area contributed by atoms with Crippen LogP contribution in [0.5, 0.6) is 0 Å². The molecule has 21 heavy (non-hydrogen) atoms. The first kappa shape index (κ1) is 15.3. The van der Waals surface area contributed by atoms with Crippen molar-refractivity contribution in [1.29, 1.82) is 5.26 Å². The standard InChI is InChI=1S/C18H23N3/c1-5-7-15-10-18(21(4)20-12-15)17-9-6-8-16(14(17)3)13(2)11-19/h6,8-9,12,15,18H,2,5,7,10H2,1,3-4H3. The highest BCUT2D eigenvalue weighted by atomic mass is 15.5. The number of hydrogen-bond acceptors (Lipinski definition) is 3. The molecule has 0 spiro atoms. The second kappa shape index (κ2) is 6.58. The van der Waals surface area contributed by atoms with Gasteiger partial charge in [0.25, 0.3) is 0 Å². The molecule has 1 aromatic rings. The molecule has 1 aromatic carbocycles. The normalized spacial score (nSPS) is 21.1. The Kier molecular flexibility index (Phi) is 4.80. The Morgan fingerprint density at radius 3 is 2.95 bits per heavy atom. The minimum atomic E-state index is 0.276. The Morgan fingerprint density at radius 2 is 2.29 bits per heavy atom. The van der Waals surface area contributed by atoms with Crippen LogP contribution in [-0.2, 0) is 0 Å². The summed E-state index contributed by atoms with van der Waals surface area (Å²) in [5, 5.41) is 15.7. The highest BCUT2D eigenvalue weighted by Crippen LogP contribution is 2.35. The third-order valence-corrected chi connectivity index (χ3v) is 4.29. The molecule has 3 nitrogen and oxygen atoms in total. The molecular weight excluding hydrogens is 258 g/mol. The third-order valence-electron chi connectivity index (χ3n) is 4.29. The Hall–Kier alpha value is -2.08. The van der Waals surface area contributed by atoms with E-state index < -0.39 is 0 Å². The molecule has 0 saturated heterocycles. The molecule has 0 fully saturated rings. The first-order valence-corrected chi connectivity index (χ1v) is 7.54. The minimum absolute atomic E-state index is 0.276. The number of rotatable bonds is 4. The SMILES string of the molecule is C=C(C#N)c1cccc(C2CC(CCC)C=NN2C)c1C. The molecule has 2 atom stereocenters. The van der Waals surface area contributed by atoms with Crippen molar-refractivity contribution in [1.82, 2.24) is 5.01 Å². The molecule has 2 unspecified atom stereocenters. The van der Waals surface area contributed by atoms with Crippen LogP contribution in [0, 0.1) is 24.2 Å². The van der Waals surface area contributed by atoms with Gasteiger partial charge >= 0.3 is 0 Å². The first-order chi connectivity index (χ1) is 10.1. The fourth-order valence-corrected chi connectivity index (χ4v) is 3.07. The Bertz CT molecular complexity index is 595. The Labute approximate surface area is 127 Å². The van der Waals surface area contributed by atoms with Crippen molar-refractivity contribution in [2.24, 2.45) is 11.0 Å². The predicted molar refractivity (Wildman–Crippen MR) is 87.8 cm³/mol. The zero-order valence-corrected chi connectivity index (χ0v) is 13.1. The zero-order valence-electron chi connectivity index (χ0n) is 13.1. The van der Waals surface area contributed by atoms with Crippen LogP contribution in [0.25, 0.3) is 5.57 Å². The number of nitrogens with zero attached hydrogens (tertiary/aromatic N) is 3. The van der Waals surface area contributed by atoms with Gasteiger partial charge in [0.05, 0.1) is 17.7 Å². The maximum atomic E-state index is 9.09. The van der Waals surface area contributed by atoms with Gasteiger partial charge in [-0.2, -0.15) is 10.4 Å². The van der Waals surface area contributed by atoms with Crippen LogP contribution < -0.4 is 0 Å². The molecule has 0 N–H and O–H groups in total. The lowest BCUT2D eigenvalue weighted by Gasteiger charge is -2.34. The fourth-order valence-electron chi connectivity index (χ4n) is 3.07. The summed E-state index contributed by atoms with van der Waals surface area (Å²) in [4.78, 5) is 0. The van der Waals surface area contributed by atoms with Crippen LogP contribution >= 0.6 is 0 Å². The summed E-state index contributed by atoms with van der Waals surface area (Å²) in [5.74, 6) is 0.540. The fraction of sp³-hybridized carbons (Fsp3) is 0.444. The average Bonchev–Trinajstić information content (AvgIpc) is 2.49. The lowest BCUT2D eigenvalue weighted by molar-refractivity contribution is 0.209. The zero-order chi connectivity index (χ0) is 15.4. The van der Waals surface area contributed by atoms with Crippen molar-refractivity contribution >= 4 is 11.8 Å². The molecule has 0 amide bonds. The topological polar surface area (TPSA) is 39.4 Å². The van der Waals surface area contributed by atoms with Crippen LogP contribution in [0.4, 0.5) is 0 Å². The van der Waals surface area contributed by atoms with Gasteiger partial charge in [0, 0.05) is 13.3 Å². The summed E-state index contributed by atoms with van der Waals surface area (Å²) in [7, 11) is 2.02. The maximum absolute atomic E-state index is 9.09. The highest BCUT2D eigenvalue weighted by Gasteiger charge is 2.26. The van der Waals surface area contributed by atoms with Crippen molar-refractivity contribution in [3.8, 4) is 6.07 Å². The molecule has 0 radical (unpaired) electrons. The summed E-state index contributed by atoms with van der Waals surface area (Å²) in [5.41, 5.74) is 3.88. The molecule has 1 aliphatic heterocycles. The monoisotopic (exact) mass is 281 g/mol. The van der Waals surface area contributed by atoms with E-state index in [0.717, 1.165) is 17.5 Å². The number of benzene rings is 1. The molecule has 0 aromatic heterocycles. The van der Waals surface area contributed by atoms with Crippen LogP contribution in [0.3, 0.4) is 0 Å². The summed E-state index contributed by atoms with van der Waals surface area (Å²) >= 11 is 0. The molecule has 3 heteroatoms. The van der Waals surface area contributed by atoms with Gasteiger partial charge < -0.3 is 0 Å². The molecule has 1 aliphatic rings. The predicted octanol–water partition coefficient (Wildman–Crippen LogP) is 4.31.